The van der Waals surface area contributed by atoms with Gasteiger partial charge in [-0.25, -0.2) is 9.50 Å². The van der Waals surface area contributed by atoms with Crippen molar-refractivity contribution < 1.29 is 4.52 Å². The molecule has 20 heavy (non-hydrogen) atoms. The Morgan fingerprint density at radius 3 is 2.90 bits per heavy atom. The van der Waals surface area contributed by atoms with Crippen molar-refractivity contribution in [3.8, 4) is 11.4 Å². The lowest BCUT2D eigenvalue weighted by Gasteiger charge is -2.19. The van der Waals surface area contributed by atoms with Gasteiger partial charge in [0.15, 0.2) is 5.65 Å². The van der Waals surface area contributed by atoms with Gasteiger partial charge in [0.25, 0.3) is 0 Å². The maximum absolute atomic E-state index is 5.36. The van der Waals surface area contributed by atoms with Gasteiger partial charge in [0, 0.05) is 22.9 Å². The van der Waals surface area contributed by atoms with Crippen LogP contribution in [0.5, 0.6) is 0 Å². The van der Waals surface area contributed by atoms with Gasteiger partial charge in [-0.1, -0.05) is 5.16 Å². The van der Waals surface area contributed by atoms with Gasteiger partial charge in [0.2, 0.25) is 11.7 Å². The molecule has 0 spiro atoms. The first-order valence-electron chi connectivity index (χ1n) is 6.46. The summed E-state index contributed by atoms with van der Waals surface area (Å²) in [5.41, 5.74) is 3.59. The van der Waals surface area contributed by atoms with E-state index in [0.29, 0.717) is 11.7 Å². The largest absolute Gasteiger partial charge is 0.339 e. The minimum Gasteiger partial charge on any atom is -0.339 e. The van der Waals surface area contributed by atoms with E-state index >= 15 is 0 Å². The number of hydrogen-bond donors (Lipinski definition) is 0. The second-order valence-corrected chi connectivity index (χ2v) is 6.10. The molecule has 0 aromatic carbocycles. The van der Waals surface area contributed by atoms with E-state index < -0.39 is 0 Å². The van der Waals surface area contributed by atoms with Crippen molar-refractivity contribution in [2.75, 3.05) is 11.5 Å². The van der Waals surface area contributed by atoms with Crippen LogP contribution in [0.1, 0.15) is 23.2 Å². The third-order valence-electron chi connectivity index (χ3n) is 3.45. The predicted octanol–water partition coefficient (Wildman–Crippen LogP) is 2.23. The molecule has 0 bridgehead atoms. The number of thioether (sulfide) groups is 1. The smallest absolute Gasteiger partial charge is 0.231 e. The highest BCUT2D eigenvalue weighted by atomic mass is 32.2. The number of rotatable bonds is 2. The molecule has 4 rings (SSSR count). The fourth-order valence-electron chi connectivity index (χ4n) is 2.32. The molecule has 0 unspecified atom stereocenters. The summed E-state index contributed by atoms with van der Waals surface area (Å²) < 4.78 is 7.17. The van der Waals surface area contributed by atoms with Gasteiger partial charge in [-0.3, -0.25) is 0 Å². The molecule has 3 aromatic rings. The fourth-order valence-corrected chi connectivity index (χ4v) is 3.07. The van der Waals surface area contributed by atoms with Crippen LogP contribution in [-0.2, 0) is 0 Å². The summed E-state index contributed by atoms with van der Waals surface area (Å²) in [6, 6.07) is 2.00. The molecule has 3 aromatic heterocycles. The fraction of sp³-hybridized carbons (Fsp3) is 0.385. The Morgan fingerprint density at radius 2 is 2.15 bits per heavy atom. The van der Waals surface area contributed by atoms with Crippen LogP contribution in [0.15, 0.2) is 16.8 Å². The second-order valence-electron chi connectivity index (χ2n) is 5.02. The zero-order valence-corrected chi connectivity index (χ0v) is 12.0. The van der Waals surface area contributed by atoms with Gasteiger partial charge in [0.05, 0.1) is 17.7 Å². The lowest BCUT2D eigenvalue weighted by atomic mass is 10.2. The summed E-state index contributed by atoms with van der Waals surface area (Å²) in [4.78, 5) is 9.04. The third kappa shape index (κ3) is 1.73. The molecule has 1 saturated heterocycles. The van der Waals surface area contributed by atoms with Crippen LogP contribution in [0.4, 0.5) is 0 Å². The summed E-state index contributed by atoms with van der Waals surface area (Å²) in [6.07, 6.45) is 1.75. The summed E-state index contributed by atoms with van der Waals surface area (Å²) in [5, 5.41) is 8.43. The van der Waals surface area contributed by atoms with Crippen LogP contribution >= 0.6 is 11.8 Å². The summed E-state index contributed by atoms with van der Waals surface area (Å²) in [7, 11) is 0. The molecule has 1 fully saturated rings. The van der Waals surface area contributed by atoms with Crippen LogP contribution in [0.3, 0.4) is 0 Å². The molecular weight excluding hydrogens is 274 g/mol. The van der Waals surface area contributed by atoms with Gasteiger partial charge >= 0.3 is 0 Å². The van der Waals surface area contributed by atoms with Gasteiger partial charge in [0.1, 0.15) is 0 Å². The molecule has 7 heteroatoms. The van der Waals surface area contributed by atoms with Crippen LogP contribution < -0.4 is 0 Å². The maximum Gasteiger partial charge on any atom is 0.231 e. The minimum atomic E-state index is 0.402. The van der Waals surface area contributed by atoms with Crippen LogP contribution in [0.2, 0.25) is 0 Å². The van der Waals surface area contributed by atoms with Crippen molar-refractivity contribution >= 4 is 17.4 Å². The lowest BCUT2D eigenvalue weighted by molar-refractivity contribution is 0.365. The SMILES string of the molecule is Cc1cc(C)n2ncc(-c3noc(C4CSC4)n3)c2n1. The molecule has 102 valence electrons. The Hall–Kier alpha value is -1.89. The van der Waals surface area contributed by atoms with Gasteiger partial charge in [-0.15, -0.1) is 0 Å². The topological polar surface area (TPSA) is 69.1 Å². The van der Waals surface area contributed by atoms with Crippen molar-refractivity contribution in [3.05, 3.63) is 29.5 Å². The van der Waals surface area contributed by atoms with E-state index in [4.69, 9.17) is 4.52 Å². The zero-order chi connectivity index (χ0) is 13.7. The zero-order valence-electron chi connectivity index (χ0n) is 11.2. The van der Waals surface area contributed by atoms with Crippen molar-refractivity contribution in [2.24, 2.45) is 0 Å². The Bertz CT molecular complexity index is 789. The average Bonchev–Trinajstić information content (AvgIpc) is 2.93. The molecule has 1 aliphatic rings. The Kier molecular flexibility index (Phi) is 2.56. The molecule has 0 radical (unpaired) electrons. The van der Waals surface area contributed by atoms with E-state index in [1.54, 1.807) is 10.7 Å². The van der Waals surface area contributed by atoms with E-state index in [9.17, 15) is 0 Å². The first-order valence-corrected chi connectivity index (χ1v) is 7.61. The summed E-state index contributed by atoms with van der Waals surface area (Å²) in [6.45, 7) is 3.97. The number of aromatic nitrogens is 5. The van der Waals surface area contributed by atoms with Crippen LogP contribution in [-0.4, -0.2) is 36.2 Å². The lowest BCUT2D eigenvalue weighted by Crippen LogP contribution is -2.15. The summed E-state index contributed by atoms with van der Waals surface area (Å²) >= 11 is 1.90. The van der Waals surface area contributed by atoms with Gasteiger partial charge < -0.3 is 4.52 Å². The van der Waals surface area contributed by atoms with Crippen molar-refractivity contribution in [3.63, 3.8) is 0 Å². The highest BCUT2D eigenvalue weighted by molar-refractivity contribution is 8.00. The number of aryl methyl sites for hydroxylation is 2. The second kappa shape index (κ2) is 4.31. The molecule has 0 atom stereocenters. The predicted molar refractivity (Wildman–Crippen MR) is 75.8 cm³/mol. The van der Waals surface area contributed by atoms with Gasteiger partial charge in [-0.05, 0) is 19.9 Å². The number of fused-ring (bicyclic) bond motifs is 1. The molecule has 0 saturated carbocycles. The number of nitrogens with zero attached hydrogens (tertiary/aromatic N) is 5. The van der Waals surface area contributed by atoms with E-state index in [1.165, 1.54) is 0 Å². The maximum atomic E-state index is 5.36. The van der Waals surface area contributed by atoms with E-state index in [1.807, 2.05) is 31.7 Å². The molecule has 4 heterocycles. The van der Waals surface area contributed by atoms with Gasteiger partial charge in [-0.2, -0.15) is 21.8 Å². The average molecular weight is 287 g/mol. The Balaban J connectivity index is 1.83. The van der Waals surface area contributed by atoms with Crippen LogP contribution in [0.25, 0.3) is 17.0 Å². The molecular formula is C13H13N5OS. The Morgan fingerprint density at radius 1 is 1.30 bits per heavy atom. The highest BCUT2D eigenvalue weighted by Crippen LogP contribution is 2.34. The number of hydrogen-bond acceptors (Lipinski definition) is 6. The van der Waals surface area contributed by atoms with E-state index in [0.717, 1.165) is 40.0 Å². The van der Waals surface area contributed by atoms with Crippen LogP contribution in [0, 0.1) is 13.8 Å². The minimum absolute atomic E-state index is 0.402. The molecule has 0 amide bonds. The van der Waals surface area contributed by atoms with E-state index in [-0.39, 0.29) is 0 Å². The quantitative estimate of drug-likeness (QED) is 0.720. The Labute approximate surface area is 119 Å². The molecule has 1 aliphatic heterocycles. The molecule has 0 N–H and O–H groups in total. The summed E-state index contributed by atoms with van der Waals surface area (Å²) in [5.74, 6) is 3.83. The molecule has 0 aliphatic carbocycles. The standard InChI is InChI=1S/C13H13N5OS/c1-7-3-8(2)18-12(15-7)10(4-14-18)11-16-13(19-17-11)9-5-20-6-9/h3-4,9H,5-6H2,1-2H3. The van der Waals surface area contributed by atoms with Crippen molar-refractivity contribution in [2.45, 2.75) is 19.8 Å². The molecule has 6 nitrogen and oxygen atoms in total. The monoisotopic (exact) mass is 287 g/mol. The first-order chi connectivity index (χ1) is 9.72. The third-order valence-corrected chi connectivity index (χ3v) is 4.72. The highest BCUT2D eigenvalue weighted by Gasteiger charge is 2.27. The normalized spacial score (nSPS) is 15.7. The van der Waals surface area contributed by atoms with Crippen molar-refractivity contribution in [1.29, 1.82) is 0 Å². The van der Waals surface area contributed by atoms with Crippen molar-refractivity contribution in [1.82, 2.24) is 24.7 Å². The first kappa shape index (κ1) is 11.9. The van der Waals surface area contributed by atoms with E-state index in [2.05, 4.69) is 20.2 Å².